The minimum Gasteiger partial charge on any atom is -0.329 e. The fourth-order valence-electron chi connectivity index (χ4n) is 3.36. The number of halogens is 1. The third-order valence-corrected chi connectivity index (χ3v) is 4.59. The lowest BCUT2D eigenvalue weighted by Crippen LogP contribution is -2.41. The van der Waals surface area contributed by atoms with Gasteiger partial charge in [0.05, 0.1) is 11.6 Å². The highest BCUT2D eigenvalue weighted by Crippen LogP contribution is 2.39. The van der Waals surface area contributed by atoms with Gasteiger partial charge in [0.2, 0.25) is 0 Å². The van der Waals surface area contributed by atoms with E-state index in [1.807, 2.05) is 0 Å². The molecule has 2 nitrogen and oxygen atoms in total. The molecule has 3 heterocycles. The molecule has 0 bridgehead atoms. The zero-order chi connectivity index (χ0) is 12.3. The molecule has 0 N–H and O–H groups in total. The molecule has 0 spiro atoms. The van der Waals surface area contributed by atoms with E-state index in [2.05, 4.69) is 46.9 Å². The lowest BCUT2D eigenvalue weighted by molar-refractivity contribution is 0.261. The van der Waals surface area contributed by atoms with Crippen LogP contribution >= 0.6 is 11.6 Å². The van der Waals surface area contributed by atoms with Crippen LogP contribution in [-0.4, -0.2) is 29.1 Å². The molecule has 0 radical (unpaired) electrons. The van der Waals surface area contributed by atoms with Crippen molar-refractivity contribution in [1.82, 2.24) is 9.47 Å². The second-order valence-electron chi connectivity index (χ2n) is 5.27. The van der Waals surface area contributed by atoms with Crippen LogP contribution in [0.5, 0.6) is 0 Å². The van der Waals surface area contributed by atoms with Crippen molar-refractivity contribution < 1.29 is 0 Å². The summed E-state index contributed by atoms with van der Waals surface area (Å²) in [6, 6.07) is 9.07. The monoisotopic (exact) mass is 258 g/mol. The quantitative estimate of drug-likeness (QED) is 0.703. The van der Waals surface area contributed by atoms with Crippen LogP contribution in [0.25, 0.3) is 16.5 Å². The Morgan fingerprint density at radius 3 is 3.11 bits per heavy atom. The van der Waals surface area contributed by atoms with E-state index in [-0.39, 0.29) is 0 Å². The minimum absolute atomic E-state index is 0.474. The van der Waals surface area contributed by atoms with Gasteiger partial charge < -0.3 is 4.57 Å². The summed E-state index contributed by atoms with van der Waals surface area (Å²) < 4.78 is 2.26. The largest absolute Gasteiger partial charge is 0.329 e. The van der Waals surface area contributed by atoms with E-state index in [0.29, 0.717) is 6.04 Å². The smallest absolute Gasteiger partial charge is 0.110 e. The van der Waals surface area contributed by atoms with Crippen LogP contribution in [0, 0.1) is 0 Å². The Balaban J connectivity index is 2.06. The third-order valence-electron chi connectivity index (χ3n) is 4.27. The Bertz CT molecular complexity index is 668. The van der Waals surface area contributed by atoms with Crippen LogP contribution in [0.3, 0.4) is 0 Å². The summed E-state index contributed by atoms with van der Waals surface area (Å²) in [5.41, 5.74) is 4.15. The summed E-state index contributed by atoms with van der Waals surface area (Å²) in [7, 11) is 2.21. The summed E-state index contributed by atoms with van der Waals surface area (Å²) in [5, 5.41) is 2.11. The number of likely N-dealkylation sites (N-methyl/N-ethyl adjacent to an activating group) is 1. The molecule has 2 aromatic rings. The molecule has 0 aliphatic carbocycles. The van der Waals surface area contributed by atoms with E-state index < -0.39 is 0 Å². The van der Waals surface area contributed by atoms with Gasteiger partial charge >= 0.3 is 0 Å². The zero-order valence-corrected chi connectivity index (χ0v) is 11.1. The van der Waals surface area contributed by atoms with Crippen molar-refractivity contribution in [3.8, 4) is 0 Å². The Morgan fingerprint density at radius 2 is 2.22 bits per heavy atom. The SMILES string of the molecule is CN1CCC=C2c3cccc4cc(Cl)n(c34)CC21. The minimum atomic E-state index is 0.474. The third kappa shape index (κ3) is 1.28. The molecule has 0 saturated heterocycles. The standard InChI is InChI=1S/C15H15ClN2/c1-17-7-3-6-11-12-5-2-4-10-8-14(16)18(15(10)12)9-13(11)17/h2,4-6,8,13H,3,7,9H2,1H3. The molecule has 1 aromatic carbocycles. The summed E-state index contributed by atoms with van der Waals surface area (Å²) in [4.78, 5) is 2.44. The highest BCUT2D eigenvalue weighted by Gasteiger charge is 2.30. The fraction of sp³-hybridized carbons (Fsp3) is 0.333. The zero-order valence-electron chi connectivity index (χ0n) is 10.4. The number of benzene rings is 1. The molecule has 0 fully saturated rings. The van der Waals surface area contributed by atoms with Gasteiger partial charge in [-0.05, 0) is 25.1 Å². The lowest BCUT2D eigenvalue weighted by atomic mass is 9.89. The first kappa shape index (κ1) is 10.7. The molecule has 2 aliphatic rings. The number of para-hydroxylation sites is 1. The molecule has 1 aromatic heterocycles. The molecule has 18 heavy (non-hydrogen) atoms. The van der Waals surface area contributed by atoms with Crippen LogP contribution in [0.2, 0.25) is 5.15 Å². The summed E-state index contributed by atoms with van der Waals surface area (Å²) in [6.45, 7) is 2.11. The molecule has 2 aliphatic heterocycles. The van der Waals surface area contributed by atoms with E-state index in [1.54, 1.807) is 0 Å². The Morgan fingerprint density at radius 1 is 1.33 bits per heavy atom. The molecule has 4 rings (SSSR count). The summed E-state index contributed by atoms with van der Waals surface area (Å²) in [6.07, 6.45) is 3.55. The van der Waals surface area contributed by atoms with E-state index in [1.165, 1.54) is 22.0 Å². The van der Waals surface area contributed by atoms with Crippen molar-refractivity contribution in [3.63, 3.8) is 0 Å². The maximum Gasteiger partial charge on any atom is 0.110 e. The first-order valence-corrected chi connectivity index (χ1v) is 6.82. The van der Waals surface area contributed by atoms with Crippen LogP contribution in [-0.2, 0) is 6.54 Å². The second-order valence-corrected chi connectivity index (χ2v) is 5.65. The van der Waals surface area contributed by atoms with Gasteiger partial charge in [0.25, 0.3) is 0 Å². The van der Waals surface area contributed by atoms with Gasteiger partial charge in [0.15, 0.2) is 0 Å². The fourth-order valence-corrected chi connectivity index (χ4v) is 3.63. The van der Waals surface area contributed by atoms with Gasteiger partial charge in [-0.25, -0.2) is 0 Å². The normalized spacial score (nSPS) is 23.0. The Hall–Kier alpha value is -1.25. The topological polar surface area (TPSA) is 8.17 Å². The molecular formula is C15H15ClN2. The van der Waals surface area contributed by atoms with Crippen LogP contribution in [0.1, 0.15) is 12.0 Å². The van der Waals surface area contributed by atoms with E-state index in [4.69, 9.17) is 11.6 Å². The summed E-state index contributed by atoms with van der Waals surface area (Å²) >= 11 is 6.38. The molecular weight excluding hydrogens is 244 g/mol. The number of hydrogen-bond acceptors (Lipinski definition) is 1. The maximum absolute atomic E-state index is 6.38. The molecule has 0 amide bonds. The Kier molecular flexibility index (Phi) is 2.14. The Labute approximate surface area is 111 Å². The molecule has 92 valence electrons. The van der Waals surface area contributed by atoms with E-state index >= 15 is 0 Å². The van der Waals surface area contributed by atoms with Crippen molar-refractivity contribution in [2.24, 2.45) is 0 Å². The lowest BCUT2D eigenvalue weighted by Gasteiger charge is -2.37. The average Bonchev–Trinajstić information content (AvgIpc) is 2.69. The number of fused-ring (bicyclic) bond motifs is 2. The molecule has 3 heteroatoms. The van der Waals surface area contributed by atoms with Gasteiger partial charge in [-0.15, -0.1) is 0 Å². The van der Waals surface area contributed by atoms with Crippen molar-refractivity contribution in [2.45, 2.75) is 19.0 Å². The van der Waals surface area contributed by atoms with Gasteiger partial charge in [-0.2, -0.15) is 0 Å². The molecule has 0 saturated carbocycles. The van der Waals surface area contributed by atoms with Crippen LogP contribution < -0.4 is 0 Å². The molecule has 1 atom stereocenters. The number of rotatable bonds is 0. The van der Waals surface area contributed by atoms with Crippen LogP contribution in [0.4, 0.5) is 0 Å². The number of hydrogen-bond donors (Lipinski definition) is 0. The summed E-state index contributed by atoms with van der Waals surface area (Å²) in [5.74, 6) is 0. The van der Waals surface area contributed by atoms with Crippen molar-refractivity contribution >= 4 is 28.1 Å². The first-order chi connectivity index (χ1) is 8.75. The van der Waals surface area contributed by atoms with E-state index in [0.717, 1.165) is 24.7 Å². The van der Waals surface area contributed by atoms with Crippen molar-refractivity contribution in [1.29, 1.82) is 0 Å². The van der Waals surface area contributed by atoms with Gasteiger partial charge in [-0.3, -0.25) is 4.90 Å². The average molecular weight is 259 g/mol. The highest BCUT2D eigenvalue weighted by molar-refractivity contribution is 6.31. The number of aromatic nitrogens is 1. The highest BCUT2D eigenvalue weighted by atomic mass is 35.5. The number of nitrogens with zero attached hydrogens (tertiary/aromatic N) is 2. The predicted molar refractivity (Wildman–Crippen MR) is 76.0 cm³/mol. The van der Waals surface area contributed by atoms with Gasteiger partial charge in [-0.1, -0.05) is 35.9 Å². The second kappa shape index (κ2) is 3.62. The van der Waals surface area contributed by atoms with Crippen LogP contribution in [0.15, 0.2) is 30.3 Å². The maximum atomic E-state index is 6.38. The molecule has 1 unspecified atom stereocenters. The van der Waals surface area contributed by atoms with Gasteiger partial charge in [0, 0.05) is 24.0 Å². The van der Waals surface area contributed by atoms with Crippen molar-refractivity contribution in [2.75, 3.05) is 13.6 Å². The van der Waals surface area contributed by atoms with E-state index in [9.17, 15) is 0 Å². The predicted octanol–water partition coefficient (Wildman–Crippen LogP) is 3.40. The first-order valence-electron chi connectivity index (χ1n) is 6.44. The van der Waals surface area contributed by atoms with Crippen molar-refractivity contribution in [3.05, 3.63) is 41.1 Å². The van der Waals surface area contributed by atoms with Gasteiger partial charge in [0.1, 0.15) is 5.15 Å².